The summed E-state index contributed by atoms with van der Waals surface area (Å²) in [7, 11) is -2.58. The Balaban J connectivity index is 2.35. The van der Waals surface area contributed by atoms with E-state index < -0.39 is 15.8 Å². The van der Waals surface area contributed by atoms with Gasteiger partial charge in [0, 0.05) is 0 Å². The maximum absolute atomic E-state index is 3.80. The van der Waals surface area contributed by atoms with Gasteiger partial charge in [0.1, 0.15) is 0 Å². The summed E-state index contributed by atoms with van der Waals surface area (Å²) in [5.74, 6) is 2.83. The van der Waals surface area contributed by atoms with Gasteiger partial charge in [0.25, 0.3) is 0 Å². The molecule has 4 rings (SSSR count). The maximum Gasteiger partial charge on any atom is 0.0801 e. The lowest BCUT2D eigenvalue weighted by Gasteiger charge is -2.29. The van der Waals surface area contributed by atoms with E-state index >= 15 is 0 Å². The highest BCUT2D eigenvalue weighted by molar-refractivity contribution is 7.15. The highest BCUT2D eigenvalue weighted by Gasteiger charge is 2.31. The van der Waals surface area contributed by atoms with E-state index in [1.54, 1.807) is 32.6 Å². The minimum atomic E-state index is -1.29. The van der Waals surface area contributed by atoms with Gasteiger partial charge in [-0.15, -0.1) is 11.5 Å². The number of rotatable bonds is 10. The average molecular weight is 589 g/mol. The van der Waals surface area contributed by atoms with Crippen LogP contribution in [0.3, 0.4) is 0 Å². The van der Waals surface area contributed by atoms with E-state index in [0.29, 0.717) is 35.5 Å². The molecule has 0 amide bonds. The molecule has 0 atom stereocenters. The van der Waals surface area contributed by atoms with Crippen molar-refractivity contribution in [1.82, 2.24) is 0 Å². The number of allylic oxidation sites excluding steroid dienone is 6. The highest BCUT2D eigenvalue weighted by atomic mass is 28.9. The highest BCUT2D eigenvalue weighted by Crippen LogP contribution is 2.30. The Bertz CT molecular complexity index is 1400. The fourth-order valence-electron chi connectivity index (χ4n) is 6.25. The minimum Gasteiger partial charge on any atom is -0.118 e. The Morgan fingerprint density at radius 3 is 0.905 bits per heavy atom. The Labute approximate surface area is 259 Å². The minimum absolute atomic E-state index is 0.454. The number of benzene rings is 2. The second-order valence-electron chi connectivity index (χ2n) is 14.0. The predicted octanol–water partition coefficient (Wildman–Crippen LogP) is 9.99. The smallest absolute Gasteiger partial charge is 0.0801 e. The second-order valence-corrected chi connectivity index (χ2v) is 20.6. The van der Waals surface area contributed by atoms with Crippen LogP contribution in [-0.2, 0) is 0 Å². The summed E-state index contributed by atoms with van der Waals surface area (Å²) < 4.78 is 0. The largest absolute Gasteiger partial charge is 0.118 e. The van der Waals surface area contributed by atoms with Gasteiger partial charge in [-0.1, -0.05) is 132 Å². The molecule has 2 aromatic carbocycles. The molecular formula is C40H52Si2. The van der Waals surface area contributed by atoms with Crippen LogP contribution in [0.5, 0.6) is 0 Å². The summed E-state index contributed by atoms with van der Waals surface area (Å²) in [6.07, 6.45) is 13.5. The first-order chi connectivity index (χ1) is 19.8. The van der Waals surface area contributed by atoms with Crippen molar-refractivity contribution < 1.29 is 0 Å². The Morgan fingerprint density at radius 1 is 0.429 bits per heavy atom. The van der Waals surface area contributed by atoms with Crippen LogP contribution in [0, 0.1) is 0 Å². The molecule has 2 aliphatic carbocycles. The van der Waals surface area contributed by atoms with E-state index in [1.165, 1.54) is 21.5 Å². The van der Waals surface area contributed by atoms with Crippen LogP contribution in [0.2, 0.25) is 0 Å². The molecule has 0 aliphatic heterocycles. The molecule has 0 saturated carbocycles. The first-order valence-corrected chi connectivity index (χ1v) is 20.2. The molecule has 0 unspecified atom stereocenters. The zero-order valence-electron chi connectivity index (χ0n) is 28.2. The Hall–Kier alpha value is -2.61. The van der Waals surface area contributed by atoms with Crippen molar-refractivity contribution >= 4 is 26.2 Å². The number of hydrogen-bond acceptors (Lipinski definition) is 0. The van der Waals surface area contributed by atoms with Gasteiger partial charge in [-0.25, -0.2) is 0 Å². The fourth-order valence-corrected chi connectivity index (χ4v) is 17.2. The van der Waals surface area contributed by atoms with Gasteiger partial charge >= 0.3 is 0 Å². The van der Waals surface area contributed by atoms with E-state index in [2.05, 4.69) is 155 Å². The van der Waals surface area contributed by atoms with Crippen molar-refractivity contribution in [2.45, 2.75) is 119 Å². The molecule has 0 spiro atoms. The monoisotopic (exact) mass is 588 g/mol. The maximum atomic E-state index is 3.80. The van der Waals surface area contributed by atoms with Crippen molar-refractivity contribution in [3.63, 3.8) is 0 Å². The Kier molecular flexibility index (Phi) is 10.3. The molecule has 0 saturated heterocycles. The van der Waals surface area contributed by atoms with E-state index in [1.807, 2.05) is 0 Å². The van der Waals surface area contributed by atoms with Crippen LogP contribution in [0.4, 0.5) is 0 Å². The lowest BCUT2D eigenvalue weighted by molar-refractivity contribution is 0.812. The molecule has 0 aromatic heterocycles. The van der Waals surface area contributed by atoms with Crippen LogP contribution < -0.4 is 10.4 Å². The third kappa shape index (κ3) is 6.48. The topological polar surface area (TPSA) is 0 Å². The van der Waals surface area contributed by atoms with Crippen LogP contribution in [0.15, 0.2) is 82.6 Å². The van der Waals surface area contributed by atoms with Crippen LogP contribution in [0.1, 0.15) is 152 Å². The fraction of sp³-hybridized carbons (Fsp3) is 0.450. The standard InChI is InChI=1S/C40H52Si2/c1-25(2)31-21-35(27(5)6)39(36(22-31)28(7)8)41(33-17-13-14-18-33)42(34-19-15-16-20-34)40-37(29(9)10)23-32(26(3)4)24-38(40)30(11)12/h13-17,19,21-30H,1-12H3/b42-41+. The van der Waals surface area contributed by atoms with Gasteiger partial charge in [-0.3, -0.25) is 0 Å². The summed E-state index contributed by atoms with van der Waals surface area (Å²) in [5, 5.41) is 6.17. The van der Waals surface area contributed by atoms with E-state index in [0.717, 1.165) is 0 Å². The summed E-state index contributed by atoms with van der Waals surface area (Å²) in [6, 6.07) is 10.2. The van der Waals surface area contributed by atoms with Crippen molar-refractivity contribution in [3.8, 4) is 0 Å². The molecule has 0 N–H and O–H groups in total. The Morgan fingerprint density at radius 2 is 0.714 bits per heavy atom. The van der Waals surface area contributed by atoms with Crippen molar-refractivity contribution in [2.75, 3.05) is 0 Å². The van der Waals surface area contributed by atoms with Crippen molar-refractivity contribution in [3.05, 3.63) is 116 Å². The second kappa shape index (κ2) is 13.4. The van der Waals surface area contributed by atoms with E-state index in [4.69, 9.17) is 0 Å². The molecule has 2 aromatic rings. The molecule has 0 heterocycles. The van der Waals surface area contributed by atoms with Gasteiger partial charge in [-0.05, 0) is 102 Å². The third-order valence-electron chi connectivity index (χ3n) is 8.75. The molecule has 0 radical (unpaired) electrons. The third-order valence-corrected chi connectivity index (χ3v) is 17.7. The first-order valence-electron chi connectivity index (χ1n) is 16.2. The summed E-state index contributed by atoms with van der Waals surface area (Å²) in [4.78, 5) is 0. The SMILES string of the molecule is CC(C)c1cc(C(C)C)c(/[Si](C2=C=CC=C2)=[Si](\C2=C=CC=C2)c2c(C(C)C)cc(C(C)C)cc2C(C)C)c(C(C)C)c1. The van der Waals surface area contributed by atoms with Crippen LogP contribution >= 0.6 is 0 Å². The molecule has 42 heavy (non-hydrogen) atoms. The molecule has 0 nitrogen and oxygen atoms in total. The quantitative estimate of drug-likeness (QED) is 0.191. The molecule has 0 fully saturated rings. The van der Waals surface area contributed by atoms with E-state index in [-0.39, 0.29) is 0 Å². The van der Waals surface area contributed by atoms with Crippen LogP contribution in [0.25, 0.3) is 0 Å². The zero-order valence-corrected chi connectivity index (χ0v) is 30.2. The van der Waals surface area contributed by atoms with Gasteiger partial charge in [-0.2, -0.15) is 0 Å². The predicted molar refractivity (Wildman–Crippen MR) is 190 cm³/mol. The molecule has 0 bridgehead atoms. The molecular weight excluding hydrogens is 537 g/mol. The van der Waals surface area contributed by atoms with Gasteiger partial charge in [0.15, 0.2) is 0 Å². The molecule has 2 heteroatoms. The normalized spacial score (nSPS) is 15.0. The lowest BCUT2D eigenvalue weighted by Crippen LogP contribution is -2.46. The summed E-state index contributed by atoms with van der Waals surface area (Å²) >= 11 is 0. The average Bonchev–Trinajstić information content (AvgIpc) is 3.65. The van der Waals surface area contributed by atoms with Gasteiger partial charge < -0.3 is 0 Å². The van der Waals surface area contributed by atoms with Crippen LogP contribution in [-0.4, -0.2) is 15.8 Å². The van der Waals surface area contributed by atoms with Crippen molar-refractivity contribution in [2.24, 2.45) is 0 Å². The first kappa shape index (κ1) is 32.3. The summed E-state index contributed by atoms with van der Waals surface area (Å²) in [5.41, 5.74) is 16.8. The summed E-state index contributed by atoms with van der Waals surface area (Å²) in [6.45, 7) is 28.6. The van der Waals surface area contributed by atoms with Gasteiger partial charge in [0.05, 0.1) is 15.8 Å². The van der Waals surface area contributed by atoms with E-state index in [9.17, 15) is 0 Å². The lowest BCUT2D eigenvalue weighted by atomic mass is 9.89. The van der Waals surface area contributed by atoms with Crippen molar-refractivity contribution in [1.29, 1.82) is 0 Å². The van der Waals surface area contributed by atoms with Gasteiger partial charge in [0.2, 0.25) is 0 Å². The zero-order chi connectivity index (χ0) is 30.9. The molecule has 2 aliphatic rings. The molecule has 220 valence electrons. The number of hydrogen-bond donors (Lipinski definition) is 0.